The smallest absolute Gasteiger partial charge is 0.161 e. The van der Waals surface area contributed by atoms with Gasteiger partial charge in [-0.1, -0.05) is 60.7 Å². The van der Waals surface area contributed by atoms with E-state index in [2.05, 4.69) is 67.7 Å². The molecule has 28 heavy (non-hydrogen) atoms. The second-order valence-corrected chi connectivity index (χ2v) is 6.94. The van der Waals surface area contributed by atoms with E-state index >= 15 is 0 Å². The van der Waals surface area contributed by atoms with Crippen molar-refractivity contribution in [2.24, 2.45) is 0 Å². The molecule has 3 nitrogen and oxygen atoms in total. The van der Waals surface area contributed by atoms with E-state index in [4.69, 9.17) is 9.47 Å². The molecule has 0 amide bonds. The van der Waals surface area contributed by atoms with Crippen molar-refractivity contribution in [3.05, 3.63) is 95.1 Å². The SMILES string of the molecule is CCOc1cc(CN[C@H](C)c2ccccc2)ccc1OCc1ccccc1C. The standard InChI is InChI=1S/C25H29NO2/c1-4-27-25-16-21(17-26-20(3)22-11-6-5-7-12-22)14-15-24(25)28-18-23-13-9-8-10-19(23)2/h5-16,20,26H,4,17-18H2,1-3H3/t20-/m1/s1. The summed E-state index contributed by atoms with van der Waals surface area (Å²) in [6, 6.07) is 25.2. The molecule has 0 heterocycles. The Kier molecular flexibility index (Phi) is 7.10. The van der Waals surface area contributed by atoms with E-state index in [0.29, 0.717) is 13.2 Å². The fourth-order valence-corrected chi connectivity index (χ4v) is 3.11. The Bertz CT molecular complexity index is 877. The number of nitrogens with one attached hydrogen (secondary N) is 1. The van der Waals surface area contributed by atoms with Gasteiger partial charge in [-0.05, 0) is 55.2 Å². The van der Waals surface area contributed by atoms with E-state index in [1.165, 1.54) is 22.3 Å². The van der Waals surface area contributed by atoms with Crippen molar-refractivity contribution in [1.82, 2.24) is 5.32 Å². The summed E-state index contributed by atoms with van der Waals surface area (Å²) in [5.41, 5.74) is 4.88. The molecule has 0 aliphatic heterocycles. The van der Waals surface area contributed by atoms with Crippen LogP contribution in [0.4, 0.5) is 0 Å². The van der Waals surface area contributed by atoms with Crippen molar-refractivity contribution in [3.63, 3.8) is 0 Å². The Hall–Kier alpha value is -2.78. The summed E-state index contributed by atoms with van der Waals surface area (Å²) in [5.74, 6) is 1.58. The zero-order valence-corrected chi connectivity index (χ0v) is 16.9. The average molecular weight is 376 g/mol. The predicted molar refractivity (Wildman–Crippen MR) is 115 cm³/mol. The number of rotatable bonds is 9. The molecule has 0 aliphatic carbocycles. The van der Waals surface area contributed by atoms with Gasteiger partial charge in [-0.15, -0.1) is 0 Å². The molecule has 0 spiro atoms. The van der Waals surface area contributed by atoms with Crippen molar-refractivity contribution in [3.8, 4) is 11.5 Å². The first-order chi connectivity index (χ1) is 13.7. The fraction of sp³-hybridized carbons (Fsp3) is 0.280. The third-order valence-electron chi connectivity index (χ3n) is 4.86. The third kappa shape index (κ3) is 5.37. The van der Waals surface area contributed by atoms with Gasteiger partial charge < -0.3 is 14.8 Å². The first-order valence-corrected chi connectivity index (χ1v) is 9.88. The highest BCUT2D eigenvalue weighted by molar-refractivity contribution is 5.43. The van der Waals surface area contributed by atoms with Crippen LogP contribution in [0.1, 0.15) is 42.1 Å². The fourth-order valence-electron chi connectivity index (χ4n) is 3.11. The summed E-state index contributed by atoms with van der Waals surface area (Å²) < 4.78 is 11.9. The Morgan fingerprint density at radius 3 is 2.36 bits per heavy atom. The summed E-state index contributed by atoms with van der Waals surface area (Å²) in [5, 5.41) is 3.57. The average Bonchev–Trinajstić information content (AvgIpc) is 2.73. The first-order valence-electron chi connectivity index (χ1n) is 9.88. The van der Waals surface area contributed by atoms with Crippen LogP contribution >= 0.6 is 0 Å². The van der Waals surface area contributed by atoms with E-state index in [1.807, 2.05) is 31.2 Å². The van der Waals surface area contributed by atoms with E-state index in [-0.39, 0.29) is 6.04 Å². The second-order valence-electron chi connectivity index (χ2n) is 6.94. The number of hydrogen-bond acceptors (Lipinski definition) is 3. The first kappa shape index (κ1) is 20.0. The summed E-state index contributed by atoms with van der Waals surface area (Å²) in [6.45, 7) is 8.19. The zero-order valence-electron chi connectivity index (χ0n) is 16.9. The number of aryl methyl sites for hydroxylation is 1. The maximum absolute atomic E-state index is 6.06. The van der Waals surface area contributed by atoms with Crippen LogP contribution in [-0.4, -0.2) is 6.61 Å². The van der Waals surface area contributed by atoms with Crippen LogP contribution in [0.15, 0.2) is 72.8 Å². The highest BCUT2D eigenvalue weighted by Gasteiger charge is 2.09. The lowest BCUT2D eigenvalue weighted by Gasteiger charge is -2.17. The van der Waals surface area contributed by atoms with E-state index < -0.39 is 0 Å². The molecular formula is C25H29NO2. The van der Waals surface area contributed by atoms with Gasteiger partial charge in [0.2, 0.25) is 0 Å². The molecule has 0 saturated carbocycles. The maximum Gasteiger partial charge on any atom is 0.161 e. The van der Waals surface area contributed by atoms with E-state index in [0.717, 1.165) is 18.0 Å². The van der Waals surface area contributed by atoms with Gasteiger partial charge in [-0.2, -0.15) is 0 Å². The molecule has 3 heteroatoms. The minimum Gasteiger partial charge on any atom is -0.490 e. The number of benzene rings is 3. The molecule has 0 aliphatic rings. The molecule has 146 valence electrons. The van der Waals surface area contributed by atoms with E-state index in [1.54, 1.807) is 0 Å². The maximum atomic E-state index is 6.06. The third-order valence-corrected chi connectivity index (χ3v) is 4.86. The van der Waals surface area contributed by atoms with Crippen molar-refractivity contribution in [2.45, 2.75) is 40.0 Å². The molecule has 0 saturated heterocycles. The van der Waals surface area contributed by atoms with Crippen LogP contribution in [0.3, 0.4) is 0 Å². The van der Waals surface area contributed by atoms with E-state index in [9.17, 15) is 0 Å². The largest absolute Gasteiger partial charge is 0.490 e. The normalized spacial score (nSPS) is 11.8. The van der Waals surface area contributed by atoms with Crippen LogP contribution in [0, 0.1) is 6.92 Å². The molecular weight excluding hydrogens is 346 g/mol. The molecule has 1 N–H and O–H groups in total. The van der Waals surface area contributed by atoms with Crippen molar-refractivity contribution in [1.29, 1.82) is 0 Å². The monoisotopic (exact) mass is 375 g/mol. The lowest BCUT2D eigenvalue weighted by Crippen LogP contribution is -2.18. The zero-order chi connectivity index (χ0) is 19.8. The minimum atomic E-state index is 0.286. The van der Waals surface area contributed by atoms with Gasteiger partial charge in [0, 0.05) is 12.6 Å². The Balaban J connectivity index is 1.65. The number of hydrogen-bond donors (Lipinski definition) is 1. The highest BCUT2D eigenvalue weighted by atomic mass is 16.5. The van der Waals surface area contributed by atoms with Crippen molar-refractivity contribution < 1.29 is 9.47 Å². The van der Waals surface area contributed by atoms with Crippen LogP contribution in [0.5, 0.6) is 11.5 Å². The highest BCUT2D eigenvalue weighted by Crippen LogP contribution is 2.30. The summed E-state index contributed by atoms with van der Waals surface area (Å²) in [4.78, 5) is 0. The number of ether oxygens (including phenoxy) is 2. The van der Waals surface area contributed by atoms with Gasteiger partial charge in [-0.25, -0.2) is 0 Å². The minimum absolute atomic E-state index is 0.286. The van der Waals surface area contributed by atoms with Crippen LogP contribution < -0.4 is 14.8 Å². The molecule has 3 aromatic carbocycles. The summed E-state index contributed by atoms with van der Waals surface area (Å²) in [7, 11) is 0. The molecule has 3 rings (SSSR count). The van der Waals surface area contributed by atoms with Gasteiger partial charge >= 0.3 is 0 Å². The van der Waals surface area contributed by atoms with Gasteiger partial charge in [0.25, 0.3) is 0 Å². The molecule has 1 atom stereocenters. The van der Waals surface area contributed by atoms with Gasteiger partial charge in [0.05, 0.1) is 6.61 Å². The van der Waals surface area contributed by atoms with Crippen LogP contribution in [0.2, 0.25) is 0 Å². The van der Waals surface area contributed by atoms with Crippen LogP contribution in [-0.2, 0) is 13.2 Å². The molecule has 0 fully saturated rings. The molecule has 0 aromatic heterocycles. The Labute approximate surface area is 168 Å². The second kappa shape index (κ2) is 9.95. The Morgan fingerprint density at radius 2 is 1.61 bits per heavy atom. The topological polar surface area (TPSA) is 30.5 Å². The summed E-state index contributed by atoms with van der Waals surface area (Å²) in [6.07, 6.45) is 0. The predicted octanol–water partition coefficient (Wildman–Crippen LogP) is 5.82. The van der Waals surface area contributed by atoms with Gasteiger partial charge in [-0.3, -0.25) is 0 Å². The quantitative estimate of drug-likeness (QED) is 0.511. The van der Waals surface area contributed by atoms with Gasteiger partial charge in [0.1, 0.15) is 6.61 Å². The van der Waals surface area contributed by atoms with Crippen molar-refractivity contribution in [2.75, 3.05) is 6.61 Å². The molecule has 3 aromatic rings. The molecule has 0 radical (unpaired) electrons. The molecule has 0 bridgehead atoms. The Morgan fingerprint density at radius 1 is 0.857 bits per heavy atom. The lowest BCUT2D eigenvalue weighted by molar-refractivity contribution is 0.268. The molecule has 0 unspecified atom stereocenters. The van der Waals surface area contributed by atoms with Gasteiger partial charge in [0.15, 0.2) is 11.5 Å². The lowest BCUT2D eigenvalue weighted by atomic mass is 10.1. The summed E-state index contributed by atoms with van der Waals surface area (Å²) >= 11 is 0. The van der Waals surface area contributed by atoms with Crippen LogP contribution in [0.25, 0.3) is 0 Å². The van der Waals surface area contributed by atoms with Crippen molar-refractivity contribution >= 4 is 0 Å².